The Bertz CT molecular complexity index is 493. The quantitative estimate of drug-likeness (QED) is 0.713. The third-order valence-corrected chi connectivity index (χ3v) is 3.37. The molecule has 0 bridgehead atoms. The van der Waals surface area contributed by atoms with Crippen molar-refractivity contribution < 1.29 is 14.4 Å². The number of nitrogens with zero attached hydrogens (tertiary/aromatic N) is 1. The van der Waals surface area contributed by atoms with Crippen molar-refractivity contribution >= 4 is 5.91 Å². The lowest BCUT2D eigenvalue weighted by molar-refractivity contribution is 0.0435. The summed E-state index contributed by atoms with van der Waals surface area (Å²) in [7, 11) is 0. The van der Waals surface area contributed by atoms with E-state index in [1.54, 1.807) is 18.2 Å². The Kier molecular flexibility index (Phi) is 4.39. The van der Waals surface area contributed by atoms with E-state index in [1.165, 1.54) is 0 Å². The van der Waals surface area contributed by atoms with Crippen molar-refractivity contribution in [3.05, 3.63) is 42.8 Å². The van der Waals surface area contributed by atoms with Gasteiger partial charge >= 0.3 is 0 Å². The standard InChI is InChI=1S/C15H20N2O3/c1-3-7-15(19,8-4-2)10-16-14(18)12-9-13(20-17-12)11-5-6-11/h3-4,9,11,19H,1-2,5-8,10H2,(H,16,18). The molecule has 0 spiro atoms. The van der Waals surface area contributed by atoms with E-state index in [9.17, 15) is 9.90 Å². The molecule has 0 aromatic carbocycles. The van der Waals surface area contributed by atoms with Crippen molar-refractivity contribution in [3.63, 3.8) is 0 Å². The molecule has 0 unspecified atom stereocenters. The van der Waals surface area contributed by atoms with Crippen LogP contribution in [0.4, 0.5) is 0 Å². The first-order valence-corrected chi connectivity index (χ1v) is 6.77. The number of hydrogen-bond donors (Lipinski definition) is 2. The Morgan fingerprint density at radius 1 is 1.50 bits per heavy atom. The van der Waals surface area contributed by atoms with Gasteiger partial charge in [0.15, 0.2) is 5.69 Å². The maximum atomic E-state index is 12.0. The van der Waals surface area contributed by atoms with Gasteiger partial charge in [-0.25, -0.2) is 0 Å². The van der Waals surface area contributed by atoms with Crippen LogP contribution < -0.4 is 5.32 Å². The van der Waals surface area contributed by atoms with E-state index in [0.29, 0.717) is 18.8 Å². The van der Waals surface area contributed by atoms with Crippen molar-refractivity contribution in [1.29, 1.82) is 0 Å². The second kappa shape index (κ2) is 6.05. The van der Waals surface area contributed by atoms with E-state index in [4.69, 9.17) is 4.52 Å². The van der Waals surface area contributed by atoms with Crippen molar-refractivity contribution in [1.82, 2.24) is 10.5 Å². The summed E-state index contributed by atoms with van der Waals surface area (Å²) in [6, 6.07) is 1.67. The van der Waals surface area contributed by atoms with Crippen molar-refractivity contribution in [2.75, 3.05) is 6.54 Å². The van der Waals surface area contributed by atoms with E-state index in [0.717, 1.165) is 18.6 Å². The highest BCUT2D eigenvalue weighted by atomic mass is 16.5. The van der Waals surface area contributed by atoms with Gasteiger partial charge < -0.3 is 14.9 Å². The van der Waals surface area contributed by atoms with Crippen LogP contribution in [0, 0.1) is 0 Å². The summed E-state index contributed by atoms with van der Waals surface area (Å²) in [6.45, 7) is 7.34. The lowest BCUT2D eigenvalue weighted by atomic mass is 9.95. The van der Waals surface area contributed by atoms with Gasteiger partial charge in [-0.2, -0.15) is 0 Å². The monoisotopic (exact) mass is 276 g/mol. The van der Waals surface area contributed by atoms with Gasteiger partial charge in [0.05, 0.1) is 5.60 Å². The Labute approximate surface area is 118 Å². The molecule has 1 saturated carbocycles. The Balaban J connectivity index is 1.92. The Hall–Kier alpha value is -1.88. The summed E-state index contributed by atoms with van der Waals surface area (Å²) in [5.74, 6) is 0.845. The maximum Gasteiger partial charge on any atom is 0.273 e. The fourth-order valence-electron chi connectivity index (χ4n) is 2.06. The molecule has 20 heavy (non-hydrogen) atoms. The number of rotatable bonds is 8. The third-order valence-electron chi connectivity index (χ3n) is 3.37. The smallest absolute Gasteiger partial charge is 0.273 e. The molecule has 0 aliphatic heterocycles. The molecule has 5 heteroatoms. The zero-order valence-electron chi connectivity index (χ0n) is 11.5. The van der Waals surface area contributed by atoms with Crippen LogP contribution in [0.5, 0.6) is 0 Å². The van der Waals surface area contributed by atoms with Crippen molar-refractivity contribution in [2.24, 2.45) is 0 Å². The van der Waals surface area contributed by atoms with Gasteiger partial charge in [-0.05, 0) is 25.7 Å². The lowest BCUT2D eigenvalue weighted by Gasteiger charge is -2.25. The van der Waals surface area contributed by atoms with Gasteiger partial charge in [0, 0.05) is 18.5 Å². The number of aliphatic hydroxyl groups is 1. The number of nitrogens with one attached hydrogen (secondary N) is 1. The predicted octanol–water partition coefficient (Wildman–Crippen LogP) is 2.17. The second-order valence-corrected chi connectivity index (χ2v) is 5.28. The van der Waals surface area contributed by atoms with Crippen LogP contribution in [0.25, 0.3) is 0 Å². The average Bonchev–Trinajstić information content (AvgIpc) is 3.14. The molecule has 108 valence electrons. The summed E-state index contributed by atoms with van der Waals surface area (Å²) >= 11 is 0. The molecule has 0 radical (unpaired) electrons. The van der Waals surface area contributed by atoms with Crippen LogP contribution in [-0.4, -0.2) is 28.3 Å². The summed E-state index contributed by atoms with van der Waals surface area (Å²) in [4.78, 5) is 12.0. The fraction of sp³-hybridized carbons (Fsp3) is 0.467. The third kappa shape index (κ3) is 3.57. The van der Waals surface area contributed by atoms with Crippen LogP contribution in [0.1, 0.15) is 47.8 Å². The summed E-state index contributed by atoms with van der Waals surface area (Å²) in [5.41, 5.74) is -0.797. The van der Waals surface area contributed by atoms with E-state index >= 15 is 0 Å². The van der Waals surface area contributed by atoms with Crippen molar-refractivity contribution in [2.45, 2.75) is 37.2 Å². The highest BCUT2D eigenvalue weighted by molar-refractivity contribution is 5.92. The van der Waals surface area contributed by atoms with Crippen LogP contribution in [0.15, 0.2) is 35.9 Å². The molecule has 1 aromatic heterocycles. The average molecular weight is 276 g/mol. The number of hydrogen-bond acceptors (Lipinski definition) is 4. The first kappa shape index (κ1) is 14.5. The largest absolute Gasteiger partial charge is 0.387 e. The fourth-order valence-corrected chi connectivity index (χ4v) is 2.06. The van der Waals surface area contributed by atoms with Gasteiger partial charge in [0.25, 0.3) is 5.91 Å². The highest BCUT2D eigenvalue weighted by Gasteiger charge is 2.29. The first-order chi connectivity index (χ1) is 9.58. The minimum atomic E-state index is -1.05. The molecular formula is C15H20N2O3. The highest BCUT2D eigenvalue weighted by Crippen LogP contribution is 2.40. The van der Waals surface area contributed by atoms with E-state index in [-0.39, 0.29) is 18.1 Å². The maximum absolute atomic E-state index is 12.0. The van der Waals surface area contributed by atoms with E-state index in [1.807, 2.05) is 0 Å². The second-order valence-electron chi connectivity index (χ2n) is 5.28. The van der Waals surface area contributed by atoms with Gasteiger partial charge in [-0.15, -0.1) is 13.2 Å². The number of aromatic nitrogens is 1. The van der Waals surface area contributed by atoms with E-state index < -0.39 is 5.60 Å². The van der Waals surface area contributed by atoms with E-state index in [2.05, 4.69) is 23.6 Å². The molecule has 1 aliphatic rings. The lowest BCUT2D eigenvalue weighted by Crippen LogP contribution is -2.42. The zero-order chi connectivity index (χ0) is 14.6. The summed E-state index contributed by atoms with van der Waals surface area (Å²) in [6.07, 6.45) is 6.19. The van der Waals surface area contributed by atoms with Crippen LogP contribution in [0.3, 0.4) is 0 Å². The van der Waals surface area contributed by atoms with Gasteiger partial charge in [0.1, 0.15) is 5.76 Å². The molecule has 2 N–H and O–H groups in total. The van der Waals surface area contributed by atoms with Gasteiger partial charge in [-0.3, -0.25) is 4.79 Å². The molecule has 0 atom stereocenters. The topological polar surface area (TPSA) is 75.4 Å². The van der Waals surface area contributed by atoms with Crippen LogP contribution >= 0.6 is 0 Å². The zero-order valence-corrected chi connectivity index (χ0v) is 11.5. The number of carbonyl (C=O) groups excluding carboxylic acids is 1. The number of carbonyl (C=O) groups is 1. The minimum absolute atomic E-state index is 0.121. The van der Waals surface area contributed by atoms with Crippen LogP contribution in [-0.2, 0) is 0 Å². The SMILES string of the molecule is C=CCC(O)(CC=C)CNC(=O)c1cc(C2CC2)on1. The predicted molar refractivity (Wildman–Crippen MR) is 75.4 cm³/mol. The van der Waals surface area contributed by atoms with Gasteiger partial charge in [0.2, 0.25) is 0 Å². The molecule has 1 aliphatic carbocycles. The first-order valence-electron chi connectivity index (χ1n) is 6.77. The van der Waals surface area contributed by atoms with Crippen LogP contribution in [0.2, 0.25) is 0 Å². The van der Waals surface area contributed by atoms with Crippen molar-refractivity contribution in [3.8, 4) is 0 Å². The molecule has 5 nitrogen and oxygen atoms in total. The Morgan fingerprint density at radius 3 is 2.70 bits per heavy atom. The summed E-state index contributed by atoms with van der Waals surface area (Å²) in [5, 5.41) is 16.7. The van der Waals surface area contributed by atoms with Gasteiger partial charge in [-0.1, -0.05) is 17.3 Å². The Morgan fingerprint density at radius 2 is 2.15 bits per heavy atom. The minimum Gasteiger partial charge on any atom is -0.387 e. The normalized spacial score (nSPS) is 14.8. The molecule has 1 amide bonds. The molecule has 1 aromatic rings. The molecular weight excluding hydrogens is 256 g/mol. The molecule has 0 saturated heterocycles. The molecule has 2 rings (SSSR count). The molecule has 1 heterocycles. The molecule has 1 fully saturated rings. The number of amides is 1. The summed E-state index contributed by atoms with van der Waals surface area (Å²) < 4.78 is 5.13.